The Labute approximate surface area is 125 Å². The molecule has 2 heterocycles. The number of likely N-dealkylation sites (tertiary alicyclic amines) is 1. The number of benzene rings is 1. The highest BCUT2D eigenvalue weighted by molar-refractivity contribution is 5.94. The molecule has 1 amide bonds. The molecule has 2 unspecified atom stereocenters. The average Bonchev–Trinajstić information content (AvgIpc) is 2.93. The molecule has 3 rings (SSSR count). The summed E-state index contributed by atoms with van der Waals surface area (Å²) in [5.41, 5.74) is -1.89. The van der Waals surface area contributed by atoms with Crippen molar-refractivity contribution in [3.63, 3.8) is 0 Å². The molecule has 0 radical (unpaired) electrons. The van der Waals surface area contributed by atoms with Gasteiger partial charge in [0, 0.05) is 19.1 Å². The van der Waals surface area contributed by atoms with Crippen molar-refractivity contribution < 1.29 is 22.4 Å². The molecule has 1 aromatic carbocycles. The van der Waals surface area contributed by atoms with Gasteiger partial charge in [0.25, 0.3) is 5.91 Å². The van der Waals surface area contributed by atoms with Gasteiger partial charge in [-0.25, -0.2) is 4.39 Å². The van der Waals surface area contributed by atoms with Crippen molar-refractivity contribution in [2.45, 2.75) is 25.1 Å². The van der Waals surface area contributed by atoms with Gasteiger partial charge in [-0.15, -0.1) is 0 Å². The van der Waals surface area contributed by atoms with Gasteiger partial charge in [0.2, 0.25) is 0 Å². The number of halogens is 4. The topological polar surface area (TPSA) is 32.3 Å². The summed E-state index contributed by atoms with van der Waals surface area (Å²) in [6.07, 6.45) is -3.13. The van der Waals surface area contributed by atoms with Crippen LogP contribution >= 0.6 is 0 Å². The number of amides is 1. The van der Waals surface area contributed by atoms with E-state index in [-0.39, 0.29) is 0 Å². The first kappa shape index (κ1) is 15.3. The molecule has 120 valence electrons. The lowest BCUT2D eigenvalue weighted by atomic mass is 9.93. The van der Waals surface area contributed by atoms with E-state index in [1.54, 1.807) is 0 Å². The fourth-order valence-corrected chi connectivity index (χ4v) is 3.32. The SMILES string of the molecule is O=C(c1cccc(C(F)(F)F)c1F)N1CCC2NCCC2C1. The van der Waals surface area contributed by atoms with Crippen molar-refractivity contribution in [3.05, 3.63) is 35.1 Å². The van der Waals surface area contributed by atoms with Gasteiger partial charge in [-0.3, -0.25) is 4.79 Å². The summed E-state index contributed by atoms with van der Waals surface area (Å²) in [4.78, 5) is 13.9. The van der Waals surface area contributed by atoms with Crippen LogP contribution < -0.4 is 5.32 Å². The maximum atomic E-state index is 14.1. The van der Waals surface area contributed by atoms with Crippen LogP contribution in [0.15, 0.2) is 18.2 Å². The third-order valence-electron chi connectivity index (χ3n) is 4.48. The van der Waals surface area contributed by atoms with Crippen LogP contribution in [0.25, 0.3) is 0 Å². The minimum Gasteiger partial charge on any atom is -0.338 e. The van der Waals surface area contributed by atoms with Crippen LogP contribution in [0, 0.1) is 11.7 Å². The van der Waals surface area contributed by atoms with Crippen molar-refractivity contribution >= 4 is 5.91 Å². The van der Waals surface area contributed by atoms with Crippen LogP contribution in [0.3, 0.4) is 0 Å². The Bertz CT molecular complexity index is 587. The summed E-state index contributed by atoms with van der Waals surface area (Å²) >= 11 is 0. The van der Waals surface area contributed by atoms with Gasteiger partial charge in [0.1, 0.15) is 5.82 Å². The number of piperidine rings is 1. The summed E-state index contributed by atoms with van der Waals surface area (Å²) in [6.45, 7) is 1.78. The molecular weight excluding hydrogens is 300 g/mol. The number of hydrogen-bond acceptors (Lipinski definition) is 2. The summed E-state index contributed by atoms with van der Waals surface area (Å²) in [5.74, 6) is -1.84. The number of nitrogens with zero attached hydrogens (tertiary/aromatic N) is 1. The zero-order valence-corrected chi connectivity index (χ0v) is 11.8. The first-order valence-electron chi connectivity index (χ1n) is 7.26. The Morgan fingerprint density at radius 3 is 2.77 bits per heavy atom. The van der Waals surface area contributed by atoms with E-state index in [1.165, 1.54) is 4.90 Å². The van der Waals surface area contributed by atoms with Gasteiger partial charge < -0.3 is 10.2 Å². The molecule has 2 aliphatic heterocycles. The number of fused-ring (bicyclic) bond motifs is 1. The van der Waals surface area contributed by atoms with Crippen LogP contribution in [0.5, 0.6) is 0 Å². The molecule has 22 heavy (non-hydrogen) atoms. The van der Waals surface area contributed by atoms with E-state index in [1.807, 2.05) is 0 Å². The largest absolute Gasteiger partial charge is 0.419 e. The molecule has 0 spiro atoms. The Morgan fingerprint density at radius 2 is 2.05 bits per heavy atom. The molecule has 2 aliphatic rings. The van der Waals surface area contributed by atoms with Crippen molar-refractivity contribution in [1.29, 1.82) is 0 Å². The smallest absolute Gasteiger partial charge is 0.338 e. The summed E-state index contributed by atoms with van der Waals surface area (Å²) in [7, 11) is 0. The van der Waals surface area contributed by atoms with Gasteiger partial charge in [-0.2, -0.15) is 13.2 Å². The van der Waals surface area contributed by atoms with E-state index < -0.39 is 29.0 Å². The summed E-state index contributed by atoms with van der Waals surface area (Å²) in [5, 5.41) is 3.34. The minimum atomic E-state index is -4.80. The lowest BCUT2D eigenvalue weighted by Gasteiger charge is -2.35. The van der Waals surface area contributed by atoms with Crippen LogP contribution in [0.2, 0.25) is 0 Å². The summed E-state index contributed by atoms with van der Waals surface area (Å²) < 4.78 is 52.3. The van der Waals surface area contributed by atoms with Gasteiger partial charge in [-0.05, 0) is 37.4 Å². The van der Waals surface area contributed by atoms with E-state index in [0.717, 1.165) is 31.5 Å². The molecule has 0 bridgehead atoms. The van der Waals surface area contributed by atoms with Crippen LogP contribution in [0.4, 0.5) is 17.6 Å². The van der Waals surface area contributed by atoms with Crippen molar-refractivity contribution in [2.24, 2.45) is 5.92 Å². The Morgan fingerprint density at radius 1 is 1.27 bits per heavy atom. The predicted molar refractivity (Wildman–Crippen MR) is 71.8 cm³/mol. The molecular formula is C15H16F4N2O. The van der Waals surface area contributed by atoms with E-state index in [4.69, 9.17) is 0 Å². The first-order valence-corrected chi connectivity index (χ1v) is 7.26. The minimum absolute atomic E-state index is 0.298. The van der Waals surface area contributed by atoms with Crippen molar-refractivity contribution in [3.8, 4) is 0 Å². The van der Waals surface area contributed by atoms with E-state index >= 15 is 0 Å². The third kappa shape index (κ3) is 2.69. The third-order valence-corrected chi connectivity index (χ3v) is 4.48. The van der Waals surface area contributed by atoms with Gasteiger partial charge in [0.05, 0.1) is 11.1 Å². The van der Waals surface area contributed by atoms with Crippen LogP contribution in [-0.4, -0.2) is 36.5 Å². The Balaban J connectivity index is 1.83. The first-order chi connectivity index (χ1) is 10.4. The Kier molecular flexibility index (Phi) is 3.84. The average molecular weight is 316 g/mol. The second-order valence-electron chi connectivity index (χ2n) is 5.81. The molecule has 2 saturated heterocycles. The fourth-order valence-electron chi connectivity index (χ4n) is 3.32. The monoisotopic (exact) mass is 316 g/mol. The highest BCUT2D eigenvalue weighted by Gasteiger charge is 2.38. The number of rotatable bonds is 1. The van der Waals surface area contributed by atoms with E-state index in [2.05, 4.69) is 5.32 Å². The quantitative estimate of drug-likeness (QED) is 0.808. The van der Waals surface area contributed by atoms with Crippen molar-refractivity contribution in [2.75, 3.05) is 19.6 Å². The molecule has 0 saturated carbocycles. The highest BCUT2D eigenvalue weighted by atomic mass is 19.4. The van der Waals surface area contributed by atoms with Gasteiger partial charge in [0.15, 0.2) is 0 Å². The standard InChI is InChI=1S/C15H16F4N2O/c16-13-10(2-1-3-11(13)15(17,18)19)14(22)21-7-5-12-9(8-21)4-6-20-12/h1-3,9,12,20H,4-8H2. The lowest BCUT2D eigenvalue weighted by Crippen LogP contribution is -2.47. The molecule has 3 nitrogen and oxygen atoms in total. The maximum Gasteiger partial charge on any atom is 0.419 e. The zero-order chi connectivity index (χ0) is 15.9. The molecule has 0 aromatic heterocycles. The lowest BCUT2D eigenvalue weighted by molar-refractivity contribution is -0.140. The molecule has 2 atom stereocenters. The maximum absolute atomic E-state index is 14.1. The van der Waals surface area contributed by atoms with E-state index in [0.29, 0.717) is 31.1 Å². The van der Waals surface area contributed by atoms with Crippen molar-refractivity contribution in [1.82, 2.24) is 10.2 Å². The number of alkyl halides is 3. The second-order valence-corrected chi connectivity index (χ2v) is 5.81. The number of nitrogens with one attached hydrogen (secondary N) is 1. The molecule has 7 heteroatoms. The predicted octanol–water partition coefficient (Wildman–Crippen LogP) is 2.67. The second kappa shape index (κ2) is 5.53. The highest BCUT2D eigenvalue weighted by Crippen LogP contribution is 2.33. The Hall–Kier alpha value is -1.63. The number of carbonyl (C=O) groups excluding carboxylic acids is 1. The fraction of sp³-hybridized carbons (Fsp3) is 0.533. The van der Waals surface area contributed by atoms with Gasteiger partial charge >= 0.3 is 6.18 Å². The number of hydrogen-bond donors (Lipinski definition) is 1. The van der Waals surface area contributed by atoms with Crippen LogP contribution in [-0.2, 0) is 6.18 Å². The molecule has 2 fully saturated rings. The normalized spacial score (nSPS) is 25.2. The molecule has 0 aliphatic carbocycles. The summed E-state index contributed by atoms with van der Waals surface area (Å²) in [6, 6.07) is 3.20. The number of carbonyl (C=O) groups is 1. The van der Waals surface area contributed by atoms with Gasteiger partial charge in [-0.1, -0.05) is 6.07 Å². The van der Waals surface area contributed by atoms with E-state index in [9.17, 15) is 22.4 Å². The molecule has 1 aromatic rings. The zero-order valence-electron chi connectivity index (χ0n) is 11.8. The molecule has 1 N–H and O–H groups in total. The van der Waals surface area contributed by atoms with Crippen LogP contribution in [0.1, 0.15) is 28.8 Å².